The van der Waals surface area contributed by atoms with Gasteiger partial charge >= 0.3 is 0 Å². The zero-order chi connectivity index (χ0) is 17.1. The van der Waals surface area contributed by atoms with Gasteiger partial charge in [-0.05, 0) is 44.4 Å². The van der Waals surface area contributed by atoms with Gasteiger partial charge in [-0.15, -0.1) is 5.10 Å². The highest BCUT2D eigenvalue weighted by Gasteiger charge is 2.47. The van der Waals surface area contributed by atoms with E-state index in [9.17, 15) is 5.26 Å². The molecule has 1 unspecified atom stereocenters. The van der Waals surface area contributed by atoms with Gasteiger partial charge in [0, 0.05) is 6.04 Å². The molecular weight excluding hydrogens is 310 g/mol. The lowest BCUT2D eigenvalue weighted by atomic mass is 9.82. The monoisotopic (exact) mass is 341 g/mol. The van der Waals surface area contributed by atoms with Gasteiger partial charge in [-0.2, -0.15) is 5.26 Å². The van der Waals surface area contributed by atoms with Gasteiger partial charge in [0.05, 0.1) is 24.0 Å². The molecule has 3 saturated carbocycles. The maximum atomic E-state index is 9.44. The van der Waals surface area contributed by atoms with E-state index in [4.69, 9.17) is 0 Å². The summed E-state index contributed by atoms with van der Waals surface area (Å²) in [5, 5.41) is 22.3. The highest BCUT2D eigenvalue weighted by atomic mass is 15.5. The van der Waals surface area contributed by atoms with Crippen LogP contribution >= 0.6 is 0 Å². The smallest absolute Gasteiger partial charge is 0.150 e. The quantitative estimate of drug-likeness (QED) is 0.814. The maximum absolute atomic E-state index is 9.44. The number of nitrogens with zero attached hydrogens (tertiary/aromatic N) is 4. The van der Waals surface area contributed by atoms with Gasteiger partial charge in [0.2, 0.25) is 0 Å². The molecule has 0 bridgehead atoms. The van der Waals surface area contributed by atoms with E-state index in [-0.39, 0.29) is 0 Å². The van der Waals surface area contributed by atoms with Crippen molar-refractivity contribution in [1.29, 1.82) is 5.26 Å². The Kier molecular flexibility index (Phi) is 5.08. The lowest BCUT2D eigenvalue weighted by Gasteiger charge is -2.32. The van der Waals surface area contributed by atoms with Crippen LogP contribution < -0.4 is 5.32 Å². The van der Waals surface area contributed by atoms with Crippen LogP contribution in [-0.2, 0) is 5.54 Å². The molecule has 0 spiro atoms. The van der Waals surface area contributed by atoms with Crippen molar-refractivity contribution in [2.24, 2.45) is 5.92 Å². The van der Waals surface area contributed by atoms with Crippen LogP contribution in [0.3, 0.4) is 0 Å². The molecule has 1 atom stereocenters. The number of rotatable bonds is 5. The first-order valence-corrected chi connectivity index (χ1v) is 10.4. The second kappa shape index (κ2) is 7.45. The molecule has 136 valence electrons. The van der Waals surface area contributed by atoms with Gasteiger partial charge in [0.1, 0.15) is 0 Å². The van der Waals surface area contributed by atoms with Crippen molar-refractivity contribution >= 4 is 0 Å². The number of nitriles is 1. The molecule has 3 fully saturated rings. The minimum atomic E-state index is -0.398. The Hall–Kier alpha value is -1.41. The normalized spacial score (nSPS) is 25.9. The fourth-order valence-corrected chi connectivity index (χ4v) is 4.77. The van der Waals surface area contributed by atoms with Crippen LogP contribution in [-0.4, -0.2) is 21.0 Å². The summed E-state index contributed by atoms with van der Waals surface area (Å²) in [4.78, 5) is 0. The van der Waals surface area contributed by atoms with Gasteiger partial charge in [0.15, 0.2) is 5.54 Å². The van der Waals surface area contributed by atoms with E-state index in [1.807, 2.05) is 4.68 Å². The van der Waals surface area contributed by atoms with E-state index in [2.05, 4.69) is 27.9 Å². The van der Waals surface area contributed by atoms with E-state index in [1.165, 1.54) is 70.6 Å². The van der Waals surface area contributed by atoms with Crippen LogP contribution in [0.2, 0.25) is 0 Å². The first-order chi connectivity index (χ1) is 12.3. The van der Waals surface area contributed by atoms with Crippen molar-refractivity contribution in [2.75, 3.05) is 0 Å². The number of hydrogen-bond donors (Lipinski definition) is 1. The molecule has 25 heavy (non-hydrogen) atoms. The van der Waals surface area contributed by atoms with Gasteiger partial charge in [-0.3, -0.25) is 0 Å². The third-order valence-corrected chi connectivity index (χ3v) is 6.59. The van der Waals surface area contributed by atoms with Crippen molar-refractivity contribution in [3.8, 4) is 6.07 Å². The van der Waals surface area contributed by atoms with Crippen molar-refractivity contribution in [3.63, 3.8) is 0 Å². The molecule has 1 N–H and O–H groups in total. The van der Waals surface area contributed by atoms with Crippen LogP contribution in [0, 0.1) is 17.2 Å². The van der Waals surface area contributed by atoms with Crippen LogP contribution in [0.25, 0.3) is 0 Å². The fraction of sp³-hybridized carbons (Fsp3) is 0.850. The van der Waals surface area contributed by atoms with Crippen LogP contribution in [0.15, 0.2) is 6.20 Å². The van der Waals surface area contributed by atoms with Crippen molar-refractivity contribution in [3.05, 3.63) is 11.9 Å². The molecule has 5 heteroatoms. The molecule has 0 radical (unpaired) electrons. The van der Waals surface area contributed by atoms with Crippen LogP contribution in [0.5, 0.6) is 0 Å². The van der Waals surface area contributed by atoms with Crippen molar-refractivity contribution < 1.29 is 0 Å². The largest absolute Gasteiger partial charge is 0.305 e. The summed E-state index contributed by atoms with van der Waals surface area (Å²) in [6.07, 6.45) is 18.6. The van der Waals surface area contributed by atoms with Crippen molar-refractivity contribution in [2.45, 2.75) is 101 Å². The first kappa shape index (κ1) is 17.0. The topological polar surface area (TPSA) is 66.5 Å². The molecule has 0 saturated heterocycles. The maximum Gasteiger partial charge on any atom is 0.150 e. The average Bonchev–Trinajstić information content (AvgIpc) is 3.38. The van der Waals surface area contributed by atoms with Crippen LogP contribution in [0.1, 0.15) is 95.2 Å². The van der Waals surface area contributed by atoms with Gasteiger partial charge in [0.25, 0.3) is 0 Å². The SMILES string of the molecule is N#CC1(n2cc(C(NC3CCCCCC3)C3CCCCC3)nn2)CC1. The second-order valence-electron chi connectivity index (χ2n) is 8.46. The molecule has 1 aromatic heterocycles. The third kappa shape index (κ3) is 3.74. The fourth-order valence-electron chi connectivity index (χ4n) is 4.77. The first-order valence-electron chi connectivity index (χ1n) is 10.4. The van der Waals surface area contributed by atoms with E-state index >= 15 is 0 Å². The van der Waals surface area contributed by atoms with Gasteiger partial charge in [-0.1, -0.05) is 50.2 Å². The summed E-state index contributed by atoms with van der Waals surface area (Å²) in [7, 11) is 0. The molecule has 1 aromatic rings. The molecule has 0 aromatic carbocycles. The molecule has 0 amide bonds. The summed E-state index contributed by atoms with van der Waals surface area (Å²) >= 11 is 0. The summed E-state index contributed by atoms with van der Waals surface area (Å²) < 4.78 is 1.84. The predicted molar refractivity (Wildman–Crippen MR) is 96.8 cm³/mol. The van der Waals surface area contributed by atoms with Crippen LogP contribution in [0.4, 0.5) is 0 Å². The summed E-state index contributed by atoms with van der Waals surface area (Å²) in [5.74, 6) is 0.666. The Morgan fingerprint density at radius 1 is 1.04 bits per heavy atom. The van der Waals surface area contributed by atoms with Gasteiger partial charge < -0.3 is 5.32 Å². The molecule has 0 aliphatic heterocycles. The molecular formula is C20H31N5. The Balaban J connectivity index is 1.53. The molecule has 3 aliphatic rings. The second-order valence-corrected chi connectivity index (χ2v) is 8.46. The Morgan fingerprint density at radius 3 is 2.32 bits per heavy atom. The minimum Gasteiger partial charge on any atom is -0.305 e. The summed E-state index contributed by atoms with van der Waals surface area (Å²) in [5.41, 5.74) is 0.669. The minimum absolute atomic E-state index is 0.312. The highest BCUT2D eigenvalue weighted by Crippen LogP contribution is 2.43. The average molecular weight is 342 g/mol. The molecule has 4 rings (SSSR count). The molecule has 1 heterocycles. The van der Waals surface area contributed by atoms with Gasteiger partial charge in [-0.25, -0.2) is 4.68 Å². The number of hydrogen-bond acceptors (Lipinski definition) is 4. The molecule has 5 nitrogen and oxygen atoms in total. The predicted octanol–water partition coefficient (Wildman–Crippen LogP) is 4.22. The summed E-state index contributed by atoms with van der Waals surface area (Å²) in [6.45, 7) is 0. The lowest BCUT2D eigenvalue weighted by Crippen LogP contribution is -2.37. The Morgan fingerprint density at radius 2 is 1.68 bits per heavy atom. The zero-order valence-corrected chi connectivity index (χ0v) is 15.3. The Bertz CT molecular complexity index is 598. The third-order valence-electron chi connectivity index (χ3n) is 6.59. The van der Waals surface area contributed by atoms with E-state index in [1.54, 1.807) is 0 Å². The summed E-state index contributed by atoms with van der Waals surface area (Å²) in [6, 6.07) is 3.36. The van der Waals surface area contributed by atoms with E-state index < -0.39 is 5.54 Å². The number of aromatic nitrogens is 3. The lowest BCUT2D eigenvalue weighted by molar-refractivity contribution is 0.242. The standard InChI is InChI=1S/C20H31N5/c21-15-20(12-13-20)25-14-18(23-24-25)19(16-8-4-3-5-9-16)22-17-10-6-1-2-7-11-17/h14,16-17,19,22H,1-13H2. The van der Waals surface area contributed by atoms with Crippen molar-refractivity contribution in [1.82, 2.24) is 20.3 Å². The van der Waals surface area contributed by atoms with E-state index in [0.29, 0.717) is 18.0 Å². The van der Waals surface area contributed by atoms with E-state index in [0.717, 1.165) is 18.5 Å². The Labute approximate surface area is 151 Å². The number of nitrogens with one attached hydrogen (secondary N) is 1. The highest BCUT2D eigenvalue weighted by molar-refractivity contribution is 5.17. The zero-order valence-electron chi connectivity index (χ0n) is 15.3. The molecule has 3 aliphatic carbocycles.